The molecule has 0 aliphatic carbocycles. The molecule has 3 rings (SSSR count). The van der Waals surface area contributed by atoms with Crippen LogP contribution < -0.4 is 10.6 Å². The number of amides is 1. The van der Waals surface area contributed by atoms with Gasteiger partial charge in [-0.2, -0.15) is 0 Å². The summed E-state index contributed by atoms with van der Waals surface area (Å²) in [6.07, 6.45) is 3.70. The van der Waals surface area contributed by atoms with E-state index in [4.69, 9.17) is 5.73 Å². The number of nitrogen functional groups attached to an aromatic ring is 1. The lowest BCUT2D eigenvalue weighted by Crippen LogP contribution is -2.35. The molecule has 4 nitrogen and oxygen atoms in total. The minimum atomic E-state index is -0.00331. The number of nitrogens with zero attached hydrogens (tertiary/aromatic N) is 1. The summed E-state index contributed by atoms with van der Waals surface area (Å²) in [7, 11) is 0. The van der Waals surface area contributed by atoms with Gasteiger partial charge in [0.1, 0.15) is 5.69 Å². The van der Waals surface area contributed by atoms with Crippen molar-refractivity contribution in [1.29, 1.82) is 0 Å². The van der Waals surface area contributed by atoms with E-state index in [1.807, 2.05) is 23.1 Å². The van der Waals surface area contributed by atoms with Gasteiger partial charge in [0, 0.05) is 28.6 Å². The minimum absolute atomic E-state index is 0.00331. The molecule has 5 heteroatoms. The monoisotopic (exact) mass is 319 g/mol. The molecule has 0 radical (unpaired) electrons. The molecule has 2 heterocycles. The van der Waals surface area contributed by atoms with Crippen LogP contribution >= 0.6 is 15.9 Å². The number of carbonyl (C=O) groups excluding carboxylic acids is 1. The molecule has 19 heavy (non-hydrogen) atoms. The number of benzene rings is 1. The summed E-state index contributed by atoms with van der Waals surface area (Å²) in [4.78, 5) is 17.3. The maximum absolute atomic E-state index is 12.5. The number of rotatable bonds is 1. The zero-order valence-electron chi connectivity index (χ0n) is 10.3. The van der Waals surface area contributed by atoms with Gasteiger partial charge >= 0.3 is 0 Å². The van der Waals surface area contributed by atoms with Gasteiger partial charge in [-0.3, -0.25) is 4.79 Å². The molecule has 0 fully saturated rings. The third-order valence-electron chi connectivity index (χ3n) is 3.35. The molecule has 0 saturated carbocycles. The van der Waals surface area contributed by atoms with E-state index in [1.165, 1.54) is 0 Å². The minimum Gasteiger partial charge on any atom is -0.399 e. The lowest BCUT2D eigenvalue weighted by atomic mass is 10.0. The molecule has 0 saturated heterocycles. The highest BCUT2D eigenvalue weighted by molar-refractivity contribution is 9.10. The van der Waals surface area contributed by atoms with Gasteiger partial charge in [0.25, 0.3) is 5.91 Å². The first-order valence-electron chi connectivity index (χ1n) is 6.19. The van der Waals surface area contributed by atoms with Gasteiger partial charge in [0.2, 0.25) is 0 Å². The maximum Gasteiger partial charge on any atom is 0.274 e. The van der Waals surface area contributed by atoms with Gasteiger partial charge in [-0.1, -0.05) is 0 Å². The summed E-state index contributed by atoms with van der Waals surface area (Å²) in [5.41, 5.74) is 9.25. The molecule has 3 N–H and O–H groups in total. The summed E-state index contributed by atoms with van der Waals surface area (Å²) in [6, 6.07) is 7.53. The number of halogens is 1. The molecular weight excluding hydrogens is 306 g/mol. The molecule has 0 bridgehead atoms. The number of aryl methyl sites for hydroxylation is 1. The second kappa shape index (κ2) is 4.74. The number of hydrogen-bond acceptors (Lipinski definition) is 2. The van der Waals surface area contributed by atoms with Crippen molar-refractivity contribution < 1.29 is 4.79 Å². The highest BCUT2D eigenvalue weighted by Gasteiger charge is 2.24. The van der Waals surface area contributed by atoms with E-state index < -0.39 is 0 Å². The summed E-state index contributed by atoms with van der Waals surface area (Å²) >= 11 is 3.35. The van der Waals surface area contributed by atoms with Crippen molar-refractivity contribution in [3.8, 4) is 0 Å². The Labute approximate surface area is 119 Å². The van der Waals surface area contributed by atoms with Crippen LogP contribution in [0.15, 0.2) is 34.9 Å². The zero-order chi connectivity index (χ0) is 13.4. The van der Waals surface area contributed by atoms with Crippen molar-refractivity contribution in [2.45, 2.75) is 12.8 Å². The third-order valence-corrected chi connectivity index (χ3v) is 3.80. The van der Waals surface area contributed by atoms with E-state index in [1.54, 1.807) is 12.3 Å². The number of aromatic nitrogens is 1. The molecular formula is C14H14BrN3O. The van der Waals surface area contributed by atoms with Crippen molar-refractivity contribution in [1.82, 2.24) is 4.98 Å². The predicted molar refractivity (Wildman–Crippen MR) is 79.3 cm³/mol. The highest BCUT2D eigenvalue weighted by Crippen LogP contribution is 2.30. The van der Waals surface area contributed by atoms with E-state index in [2.05, 4.69) is 20.9 Å². The normalized spacial score (nSPS) is 14.3. The van der Waals surface area contributed by atoms with Crippen LogP contribution in [0.1, 0.15) is 22.5 Å². The lowest BCUT2D eigenvalue weighted by Gasteiger charge is -2.29. The standard InChI is InChI=1S/C14H14BrN3O/c15-10-7-12(17-8-10)14(19)18-5-1-2-9-6-11(16)3-4-13(9)18/h3-4,6-8,17H,1-2,5,16H2. The number of fused-ring (bicyclic) bond motifs is 1. The Morgan fingerprint density at radius 2 is 2.21 bits per heavy atom. The molecule has 1 aliphatic heterocycles. The van der Waals surface area contributed by atoms with Gasteiger partial charge in [-0.15, -0.1) is 0 Å². The Kier molecular flexibility index (Phi) is 3.06. The zero-order valence-corrected chi connectivity index (χ0v) is 11.9. The van der Waals surface area contributed by atoms with Crippen LogP contribution in [0, 0.1) is 0 Å². The van der Waals surface area contributed by atoms with E-state index in [-0.39, 0.29) is 5.91 Å². The fourth-order valence-electron chi connectivity index (χ4n) is 2.46. The van der Waals surface area contributed by atoms with Crippen LogP contribution in [-0.2, 0) is 6.42 Å². The lowest BCUT2D eigenvalue weighted by molar-refractivity contribution is 0.0981. The molecule has 0 spiro atoms. The number of H-pyrrole nitrogens is 1. The van der Waals surface area contributed by atoms with Crippen molar-refractivity contribution in [3.63, 3.8) is 0 Å². The van der Waals surface area contributed by atoms with Gasteiger partial charge < -0.3 is 15.6 Å². The molecule has 0 unspecified atom stereocenters. The Bertz CT molecular complexity index is 635. The van der Waals surface area contributed by atoms with Crippen LogP contribution in [0.2, 0.25) is 0 Å². The average molecular weight is 320 g/mol. The van der Waals surface area contributed by atoms with Gasteiger partial charge in [-0.25, -0.2) is 0 Å². The highest BCUT2D eigenvalue weighted by atomic mass is 79.9. The van der Waals surface area contributed by atoms with E-state index in [0.29, 0.717) is 5.69 Å². The Morgan fingerprint density at radius 3 is 2.95 bits per heavy atom. The third kappa shape index (κ3) is 2.26. The van der Waals surface area contributed by atoms with Gasteiger partial charge in [-0.05, 0) is 58.6 Å². The summed E-state index contributed by atoms with van der Waals surface area (Å²) in [6.45, 7) is 0.742. The Hall–Kier alpha value is -1.75. The van der Waals surface area contributed by atoms with E-state index >= 15 is 0 Å². The first kappa shape index (κ1) is 12.3. The predicted octanol–water partition coefficient (Wildman–Crippen LogP) is 2.95. The van der Waals surface area contributed by atoms with Crippen molar-refractivity contribution >= 4 is 33.2 Å². The van der Waals surface area contributed by atoms with Crippen LogP contribution in [-0.4, -0.2) is 17.4 Å². The topological polar surface area (TPSA) is 62.1 Å². The fourth-order valence-corrected chi connectivity index (χ4v) is 2.81. The summed E-state index contributed by atoms with van der Waals surface area (Å²) in [5.74, 6) is -0.00331. The largest absolute Gasteiger partial charge is 0.399 e. The second-order valence-electron chi connectivity index (χ2n) is 4.68. The number of nitrogens with one attached hydrogen (secondary N) is 1. The molecule has 1 aliphatic rings. The molecule has 98 valence electrons. The van der Waals surface area contributed by atoms with Crippen LogP contribution in [0.25, 0.3) is 0 Å². The van der Waals surface area contributed by atoms with Crippen molar-refractivity contribution in [3.05, 3.63) is 46.2 Å². The number of aromatic amines is 1. The Balaban J connectivity index is 1.97. The van der Waals surface area contributed by atoms with Crippen LogP contribution in [0.3, 0.4) is 0 Å². The second-order valence-corrected chi connectivity index (χ2v) is 5.60. The van der Waals surface area contributed by atoms with Crippen molar-refractivity contribution in [2.75, 3.05) is 17.2 Å². The van der Waals surface area contributed by atoms with Crippen LogP contribution in [0.5, 0.6) is 0 Å². The number of carbonyl (C=O) groups is 1. The van der Waals surface area contributed by atoms with Crippen molar-refractivity contribution in [2.24, 2.45) is 0 Å². The molecule has 2 aromatic rings. The molecule has 1 aromatic heterocycles. The Morgan fingerprint density at radius 1 is 1.37 bits per heavy atom. The maximum atomic E-state index is 12.5. The number of nitrogens with two attached hydrogens (primary N) is 1. The number of anilines is 2. The fraction of sp³-hybridized carbons (Fsp3) is 0.214. The molecule has 0 atom stereocenters. The summed E-state index contributed by atoms with van der Waals surface area (Å²) < 4.78 is 0.880. The molecule has 1 aromatic carbocycles. The first-order valence-corrected chi connectivity index (χ1v) is 6.98. The SMILES string of the molecule is Nc1ccc2c(c1)CCCN2C(=O)c1cc(Br)c[nH]1. The average Bonchev–Trinajstić information content (AvgIpc) is 2.83. The summed E-state index contributed by atoms with van der Waals surface area (Å²) in [5, 5.41) is 0. The molecule has 1 amide bonds. The van der Waals surface area contributed by atoms with E-state index in [9.17, 15) is 4.79 Å². The van der Waals surface area contributed by atoms with Gasteiger partial charge in [0.05, 0.1) is 0 Å². The van der Waals surface area contributed by atoms with Gasteiger partial charge in [0.15, 0.2) is 0 Å². The van der Waals surface area contributed by atoms with Crippen LogP contribution in [0.4, 0.5) is 11.4 Å². The van der Waals surface area contributed by atoms with E-state index in [0.717, 1.165) is 40.8 Å². The first-order chi connectivity index (χ1) is 9.15. The quantitative estimate of drug-likeness (QED) is 0.794. The number of hydrogen-bond donors (Lipinski definition) is 2. The smallest absolute Gasteiger partial charge is 0.274 e.